The summed E-state index contributed by atoms with van der Waals surface area (Å²) < 4.78 is 5.24. The number of nitrogens with zero attached hydrogens (tertiary/aromatic N) is 3. The van der Waals surface area contributed by atoms with Gasteiger partial charge in [-0.2, -0.15) is 0 Å². The number of ether oxygens (including phenoxy) is 1. The second-order valence-corrected chi connectivity index (χ2v) is 3.37. The third kappa shape index (κ3) is 3.93. The molecule has 5 nitrogen and oxygen atoms in total. The summed E-state index contributed by atoms with van der Waals surface area (Å²) in [5.74, 6) is 0.0302. The summed E-state index contributed by atoms with van der Waals surface area (Å²) >= 11 is 0. The zero-order chi connectivity index (χ0) is 11.3. The predicted octanol–water partition coefficient (Wildman–Crippen LogP) is 0.642. The van der Waals surface area contributed by atoms with Crippen LogP contribution in [0.5, 0.6) is 6.01 Å². The van der Waals surface area contributed by atoms with Crippen LogP contribution in [0.1, 0.15) is 12.1 Å². The third-order valence-corrected chi connectivity index (χ3v) is 1.82. The van der Waals surface area contributed by atoms with Crippen LogP contribution in [-0.2, 0) is 4.79 Å². The predicted molar refractivity (Wildman–Crippen MR) is 55.6 cm³/mol. The van der Waals surface area contributed by atoms with Crippen LogP contribution in [0.2, 0.25) is 0 Å². The molecule has 1 amide bonds. The number of aryl methyl sites for hydroxylation is 1. The molecule has 0 unspecified atom stereocenters. The van der Waals surface area contributed by atoms with Gasteiger partial charge in [0.25, 0.3) is 0 Å². The van der Waals surface area contributed by atoms with Gasteiger partial charge >= 0.3 is 6.01 Å². The maximum atomic E-state index is 11.2. The lowest BCUT2D eigenvalue weighted by Crippen LogP contribution is -2.23. The Labute approximate surface area is 89.1 Å². The minimum Gasteiger partial charge on any atom is -0.463 e. The van der Waals surface area contributed by atoms with Crippen LogP contribution in [0.15, 0.2) is 12.3 Å². The monoisotopic (exact) mass is 209 g/mol. The summed E-state index contributed by atoms with van der Waals surface area (Å²) in [5.41, 5.74) is 0.846. The zero-order valence-corrected chi connectivity index (χ0v) is 9.23. The van der Waals surface area contributed by atoms with Crippen molar-refractivity contribution in [1.29, 1.82) is 0 Å². The Morgan fingerprint density at radius 3 is 2.87 bits per heavy atom. The first-order valence-corrected chi connectivity index (χ1v) is 4.72. The van der Waals surface area contributed by atoms with E-state index in [-0.39, 0.29) is 5.91 Å². The quantitative estimate of drug-likeness (QED) is 0.730. The molecule has 0 saturated heterocycles. The summed E-state index contributed by atoms with van der Waals surface area (Å²) in [4.78, 5) is 20.7. The number of amides is 1. The fourth-order valence-corrected chi connectivity index (χ4v) is 0.949. The molecule has 82 valence electrons. The largest absolute Gasteiger partial charge is 0.463 e. The number of hydrogen-bond donors (Lipinski definition) is 0. The van der Waals surface area contributed by atoms with E-state index in [9.17, 15) is 4.79 Å². The van der Waals surface area contributed by atoms with Crippen molar-refractivity contribution >= 4 is 5.91 Å². The minimum absolute atomic E-state index is 0.0302. The highest BCUT2D eigenvalue weighted by molar-refractivity contribution is 5.75. The van der Waals surface area contributed by atoms with E-state index in [1.165, 1.54) is 4.90 Å². The molecule has 0 aliphatic rings. The van der Waals surface area contributed by atoms with Crippen molar-refractivity contribution in [3.63, 3.8) is 0 Å². The standard InChI is InChI=1S/C10H15N3O2/c1-8-4-6-11-10(12-8)15-7-5-9(14)13(2)3/h4,6H,5,7H2,1-3H3. The van der Waals surface area contributed by atoms with E-state index >= 15 is 0 Å². The number of rotatable bonds is 4. The molecule has 15 heavy (non-hydrogen) atoms. The highest BCUT2D eigenvalue weighted by atomic mass is 16.5. The highest BCUT2D eigenvalue weighted by Crippen LogP contribution is 2.02. The molecule has 5 heteroatoms. The van der Waals surface area contributed by atoms with Gasteiger partial charge in [-0.1, -0.05) is 0 Å². The van der Waals surface area contributed by atoms with Crippen molar-refractivity contribution in [2.75, 3.05) is 20.7 Å². The lowest BCUT2D eigenvalue weighted by molar-refractivity contribution is -0.129. The Kier molecular flexibility index (Phi) is 4.03. The molecule has 0 saturated carbocycles. The van der Waals surface area contributed by atoms with E-state index in [1.54, 1.807) is 26.4 Å². The van der Waals surface area contributed by atoms with Crippen LogP contribution in [-0.4, -0.2) is 41.5 Å². The SMILES string of the molecule is Cc1ccnc(OCCC(=O)N(C)C)n1. The van der Waals surface area contributed by atoms with Gasteiger partial charge in [-0.25, -0.2) is 9.97 Å². The summed E-state index contributed by atoms with van der Waals surface area (Å²) in [6, 6.07) is 2.11. The first kappa shape index (κ1) is 11.4. The Bertz CT molecular complexity index is 339. The third-order valence-electron chi connectivity index (χ3n) is 1.82. The fraction of sp³-hybridized carbons (Fsp3) is 0.500. The van der Waals surface area contributed by atoms with Gasteiger partial charge in [0.2, 0.25) is 5.91 Å². The van der Waals surface area contributed by atoms with Crippen molar-refractivity contribution in [2.45, 2.75) is 13.3 Å². The second-order valence-electron chi connectivity index (χ2n) is 3.37. The molecule has 1 aromatic heterocycles. The Morgan fingerprint density at radius 1 is 1.53 bits per heavy atom. The van der Waals surface area contributed by atoms with E-state index in [0.717, 1.165) is 5.69 Å². The highest BCUT2D eigenvalue weighted by Gasteiger charge is 2.04. The topological polar surface area (TPSA) is 55.3 Å². The van der Waals surface area contributed by atoms with Crippen LogP contribution in [0.3, 0.4) is 0 Å². The molecule has 1 rings (SSSR count). The summed E-state index contributed by atoms with van der Waals surface area (Å²) in [5, 5.41) is 0. The van der Waals surface area contributed by atoms with Crippen LogP contribution < -0.4 is 4.74 Å². The lowest BCUT2D eigenvalue weighted by Gasteiger charge is -2.09. The number of aromatic nitrogens is 2. The van der Waals surface area contributed by atoms with Gasteiger partial charge in [0.1, 0.15) is 6.61 Å². The molecule has 1 heterocycles. The zero-order valence-electron chi connectivity index (χ0n) is 9.23. The van der Waals surface area contributed by atoms with Crippen LogP contribution in [0, 0.1) is 6.92 Å². The van der Waals surface area contributed by atoms with Gasteiger partial charge in [0, 0.05) is 26.0 Å². The van der Waals surface area contributed by atoms with Crippen molar-refractivity contribution in [1.82, 2.24) is 14.9 Å². The maximum Gasteiger partial charge on any atom is 0.316 e. The summed E-state index contributed by atoms with van der Waals surface area (Å²) in [6.45, 7) is 2.17. The summed E-state index contributed by atoms with van der Waals surface area (Å²) in [6.07, 6.45) is 1.97. The van der Waals surface area contributed by atoms with E-state index in [2.05, 4.69) is 9.97 Å². The molecule has 1 aromatic rings. The van der Waals surface area contributed by atoms with Crippen LogP contribution in [0.4, 0.5) is 0 Å². The molecule has 0 aliphatic carbocycles. The normalized spacial score (nSPS) is 9.80. The number of carbonyl (C=O) groups is 1. The average molecular weight is 209 g/mol. The molecule has 0 aliphatic heterocycles. The van der Waals surface area contributed by atoms with Crippen molar-refractivity contribution in [3.05, 3.63) is 18.0 Å². The first-order chi connectivity index (χ1) is 7.09. The first-order valence-electron chi connectivity index (χ1n) is 4.72. The molecule has 0 aromatic carbocycles. The van der Waals surface area contributed by atoms with E-state index in [4.69, 9.17) is 4.74 Å². The van der Waals surface area contributed by atoms with Crippen LogP contribution >= 0.6 is 0 Å². The average Bonchev–Trinajstić information content (AvgIpc) is 2.17. The van der Waals surface area contributed by atoms with Crippen molar-refractivity contribution < 1.29 is 9.53 Å². The molecule has 0 radical (unpaired) electrons. The Morgan fingerprint density at radius 2 is 2.27 bits per heavy atom. The minimum atomic E-state index is 0.0302. The van der Waals surface area contributed by atoms with Crippen molar-refractivity contribution in [3.8, 4) is 6.01 Å². The van der Waals surface area contributed by atoms with Gasteiger partial charge in [0.05, 0.1) is 6.42 Å². The number of carbonyl (C=O) groups excluding carboxylic acids is 1. The molecule has 0 fully saturated rings. The fourth-order valence-electron chi connectivity index (χ4n) is 0.949. The molecule has 0 atom stereocenters. The van der Waals surface area contributed by atoms with Gasteiger partial charge in [0.15, 0.2) is 0 Å². The van der Waals surface area contributed by atoms with Crippen LogP contribution in [0.25, 0.3) is 0 Å². The lowest BCUT2D eigenvalue weighted by atomic mass is 10.4. The van der Waals surface area contributed by atoms with E-state index < -0.39 is 0 Å². The summed E-state index contributed by atoms with van der Waals surface area (Å²) in [7, 11) is 3.43. The number of hydrogen-bond acceptors (Lipinski definition) is 4. The Balaban J connectivity index is 2.35. The second kappa shape index (κ2) is 5.29. The Hall–Kier alpha value is -1.65. The van der Waals surface area contributed by atoms with Gasteiger partial charge in [-0.15, -0.1) is 0 Å². The molecule has 0 N–H and O–H groups in total. The van der Waals surface area contributed by atoms with Gasteiger partial charge in [-0.3, -0.25) is 4.79 Å². The van der Waals surface area contributed by atoms with Crippen molar-refractivity contribution in [2.24, 2.45) is 0 Å². The van der Waals surface area contributed by atoms with Gasteiger partial charge in [-0.05, 0) is 13.0 Å². The van der Waals surface area contributed by atoms with E-state index in [0.29, 0.717) is 19.0 Å². The smallest absolute Gasteiger partial charge is 0.316 e. The van der Waals surface area contributed by atoms with Gasteiger partial charge < -0.3 is 9.64 Å². The molecule has 0 spiro atoms. The molecular formula is C10H15N3O2. The van der Waals surface area contributed by atoms with E-state index in [1.807, 2.05) is 6.92 Å². The maximum absolute atomic E-state index is 11.2. The molecule has 0 bridgehead atoms. The molecular weight excluding hydrogens is 194 g/mol.